The number of nitrogens with one attached hydrogen (secondary N) is 1. The quantitative estimate of drug-likeness (QED) is 0.794. The molecule has 2 heterocycles. The van der Waals surface area contributed by atoms with Gasteiger partial charge in [0.05, 0.1) is 6.54 Å². The molecule has 3 N–H and O–H groups in total. The SMILES string of the molecule is CCn1c(N)c(C(=O)CN2CC[C@@H]3CCCC[C@H]3C2)c(=O)[nH]c1=O. The fourth-order valence-electron chi connectivity index (χ4n) is 4.27. The summed E-state index contributed by atoms with van der Waals surface area (Å²) in [7, 11) is 0. The first kappa shape index (κ1) is 17.0. The molecule has 132 valence electrons. The number of hydrogen-bond donors (Lipinski definition) is 2. The van der Waals surface area contributed by atoms with Gasteiger partial charge in [0, 0.05) is 13.1 Å². The lowest BCUT2D eigenvalue weighted by atomic mass is 9.75. The third kappa shape index (κ3) is 3.17. The van der Waals surface area contributed by atoms with E-state index in [1.807, 2.05) is 0 Å². The topological polar surface area (TPSA) is 101 Å². The third-order valence-electron chi connectivity index (χ3n) is 5.58. The number of nitrogens with zero attached hydrogens (tertiary/aromatic N) is 2. The van der Waals surface area contributed by atoms with E-state index in [1.54, 1.807) is 6.92 Å². The molecule has 1 aliphatic carbocycles. The number of anilines is 1. The Morgan fingerprint density at radius 3 is 2.62 bits per heavy atom. The van der Waals surface area contributed by atoms with Gasteiger partial charge in [0.15, 0.2) is 5.78 Å². The molecule has 1 aromatic rings. The fourth-order valence-corrected chi connectivity index (χ4v) is 4.27. The molecule has 2 fully saturated rings. The summed E-state index contributed by atoms with van der Waals surface area (Å²) in [4.78, 5) is 40.7. The second-order valence-electron chi connectivity index (χ2n) is 7.02. The van der Waals surface area contributed by atoms with E-state index in [0.717, 1.165) is 25.4 Å². The number of likely N-dealkylation sites (tertiary alicyclic amines) is 1. The average molecular weight is 334 g/mol. The zero-order valence-electron chi connectivity index (χ0n) is 14.2. The fraction of sp³-hybridized carbons (Fsp3) is 0.706. The van der Waals surface area contributed by atoms with Crippen LogP contribution in [0.25, 0.3) is 0 Å². The molecular weight excluding hydrogens is 308 g/mol. The second-order valence-corrected chi connectivity index (χ2v) is 7.02. The van der Waals surface area contributed by atoms with Crippen LogP contribution in [0.5, 0.6) is 0 Å². The van der Waals surface area contributed by atoms with Crippen LogP contribution >= 0.6 is 0 Å². The van der Waals surface area contributed by atoms with Crippen molar-refractivity contribution in [3.8, 4) is 0 Å². The monoisotopic (exact) mass is 334 g/mol. The number of H-pyrrole nitrogens is 1. The van der Waals surface area contributed by atoms with Crippen molar-refractivity contribution < 1.29 is 4.79 Å². The average Bonchev–Trinajstić information content (AvgIpc) is 2.54. The number of aromatic nitrogens is 2. The van der Waals surface area contributed by atoms with Crippen LogP contribution in [0, 0.1) is 11.8 Å². The van der Waals surface area contributed by atoms with Gasteiger partial charge in [0.25, 0.3) is 5.56 Å². The van der Waals surface area contributed by atoms with Crippen LogP contribution in [0.1, 0.15) is 49.4 Å². The number of fused-ring (bicyclic) bond motifs is 1. The molecule has 7 nitrogen and oxygen atoms in total. The first-order valence-electron chi connectivity index (χ1n) is 8.89. The normalized spacial score (nSPS) is 24.5. The zero-order chi connectivity index (χ0) is 17.3. The van der Waals surface area contributed by atoms with Crippen LogP contribution in [-0.4, -0.2) is 39.9 Å². The lowest BCUT2D eigenvalue weighted by Gasteiger charge is -2.41. The molecule has 2 aliphatic rings. The van der Waals surface area contributed by atoms with Crippen molar-refractivity contribution in [2.75, 3.05) is 25.4 Å². The number of Topliss-reactive ketones (excluding diaryl/α,β-unsaturated/α-hetero) is 1. The van der Waals surface area contributed by atoms with Gasteiger partial charge in [-0.05, 0) is 38.1 Å². The van der Waals surface area contributed by atoms with E-state index in [1.165, 1.54) is 30.3 Å². The standard InChI is InChI=1S/C17H26N4O3/c1-2-21-15(18)14(16(23)19-17(21)24)13(22)10-20-8-7-11-5-3-4-6-12(11)9-20/h11-12H,2-10,18H2,1H3,(H,19,23,24)/t11-,12-/m0/s1. The molecule has 0 radical (unpaired) electrons. The molecule has 0 spiro atoms. The van der Waals surface area contributed by atoms with Crippen molar-refractivity contribution in [3.05, 3.63) is 26.4 Å². The second kappa shape index (κ2) is 6.93. The molecule has 2 atom stereocenters. The summed E-state index contributed by atoms with van der Waals surface area (Å²) in [6.07, 6.45) is 6.26. The van der Waals surface area contributed by atoms with Gasteiger partial charge in [-0.2, -0.15) is 0 Å². The predicted molar refractivity (Wildman–Crippen MR) is 92.2 cm³/mol. The molecule has 3 rings (SSSR count). The largest absolute Gasteiger partial charge is 0.384 e. The van der Waals surface area contributed by atoms with Crippen molar-refractivity contribution in [1.29, 1.82) is 0 Å². The Morgan fingerprint density at radius 2 is 1.92 bits per heavy atom. The molecule has 0 aromatic carbocycles. The van der Waals surface area contributed by atoms with E-state index >= 15 is 0 Å². The van der Waals surface area contributed by atoms with Gasteiger partial charge in [0.1, 0.15) is 11.4 Å². The number of carbonyl (C=O) groups excluding carboxylic acids is 1. The minimum atomic E-state index is -0.681. The van der Waals surface area contributed by atoms with E-state index in [4.69, 9.17) is 5.73 Å². The summed E-state index contributed by atoms with van der Waals surface area (Å²) in [6, 6.07) is 0. The molecule has 1 saturated carbocycles. The number of ketones is 1. The minimum absolute atomic E-state index is 0.0243. The van der Waals surface area contributed by atoms with Crippen LogP contribution in [0.4, 0.5) is 5.82 Å². The van der Waals surface area contributed by atoms with Gasteiger partial charge >= 0.3 is 5.69 Å². The maximum absolute atomic E-state index is 12.6. The molecule has 0 amide bonds. The van der Waals surface area contributed by atoms with Crippen molar-refractivity contribution in [2.24, 2.45) is 11.8 Å². The first-order valence-corrected chi connectivity index (χ1v) is 8.89. The van der Waals surface area contributed by atoms with Crippen LogP contribution in [-0.2, 0) is 6.54 Å². The van der Waals surface area contributed by atoms with E-state index in [2.05, 4.69) is 9.88 Å². The molecule has 1 aromatic heterocycles. The van der Waals surface area contributed by atoms with Gasteiger partial charge in [-0.15, -0.1) is 0 Å². The van der Waals surface area contributed by atoms with Crippen LogP contribution < -0.4 is 17.0 Å². The predicted octanol–water partition coefficient (Wildman–Crippen LogP) is 0.834. The highest BCUT2D eigenvalue weighted by molar-refractivity contribution is 6.01. The van der Waals surface area contributed by atoms with Crippen LogP contribution in [0.3, 0.4) is 0 Å². The zero-order valence-corrected chi connectivity index (χ0v) is 14.2. The minimum Gasteiger partial charge on any atom is -0.384 e. The highest BCUT2D eigenvalue weighted by atomic mass is 16.2. The summed E-state index contributed by atoms with van der Waals surface area (Å²) in [5.74, 6) is 1.13. The summed E-state index contributed by atoms with van der Waals surface area (Å²) in [5.41, 5.74) is 4.58. The number of hydrogen-bond acceptors (Lipinski definition) is 5. The third-order valence-corrected chi connectivity index (χ3v) is 5.58. The Kier molecular flexibility index (Phi) is 4.89. The van der Waals surface area contributed by atoms with Crippen molar-refractivity contribution in [3.63, 3.8) is 0 Å². The van der Waals surface area contributed by atoms with Crippen molar-refractivity contribution >= 4 is 11.6 Å². The summed E-state index contributed by atoms with van der Waals surface area (Å²) in [6.45, 7) is 4.06. The van der Waals surface area contributed by atoms with E-state index < -0.39 is 11.2 Å². The molecule has 24 heavy (non-hydrogen) atoms. The number of carbonyl (C=O) groups is 1. The summed E-state index contributed by atoms with van der Waals surface area (Å²) < 4.78 is 1.22. The molecule has 1 aliphatic heterocycles. The highest BCUT2D eigenvalue weighted by Crippen LogP contribution is 2.35. The Hall–Kier alpha value is -1.89. The maximum Gasteiger partial charge on any atom is 0.329 e. The first-order chi connectivity index (χ1) is 11.5. The Labute approximate surface area is 140 Å². The number of nitrogens with two attached hydrogens (primary N) is 1. The number of rotatable bonds is 4. The maximum atomic E-state index is 12.6. The molecule has 1 saturated heterocycles. The summed E-state index contributed by atoms with van der Waals surface area (Å²) >= 11 is 0. The lowest BCUT2D eigenvalue weighted by molar-refractivity contribution is 0.0712. The Balaban J connectivity index is 1.76. The van der Waals surface area contributed by atoms with E-state index in [9.17, 15) is 14.4 Å². The van der Waals surface area contributed by atoms with Crippen molar-refractivity contribution in [1.82, 2.24) is 14.5 Å². The highest BCUT2D eigenvalue weighted by Gasteiger charge is 2.32. The van der Waals surface area contributed by atoms with Gasteiger partial charge in [-0.25, -0.2) is 4.79 Å². The molecule has 0 unspecified atom stereocenters. The molecular formula is C17H26N4O3. The van der Waals surface area contributed by atoms with Crippen LogP contribution in [0.15, 0.2) is 9.59 Å². The lowest BCUT2D eigenvalue weighted by Crippen LogP contribution is -2.45. The van der Waals surface area contributed by atoms with Gasteiger partial charge < -0.3 is 5.73 Å². The molecule has 7 heteroatoms. The summed E-state index contributed by atoms with van der Waals surface area (Å²) in [5, 5.41) is 0. The Bertz CT molecular complexity index is 736. The van der Waals surface area contributed by atoms with Crippen LogP contribution in [0.2, 0.25) is 0 Å². The number of nitrogen functional groups attached to an aromatic ring is 1. The van der Waals surface area contributed by atoms with E-state index in [-0.39, 0.29) is 23.7 Å². The molecule has 0 bridgehead atoms. The van der Waals surface area contributed by atoms with Crippen molar-refractivity contribution in [2.45, 2.75) is 45.6 Å². The van der Waals surface area contributed by atoms with Gasteiger partial charge in [-0.3, -0.25) is 24.0 Å². The smallest absolute Gasteiger partial charge is 0.329 e. The van der Waals surface area contributed by atoms with Gasteiger partial charge in [0.2, 0.25) is 0 Å². The Morgan fingerprint density at radius 1 is 1.21 bits per heavy atom. The van der Waals surface area contributed by atoms with E-state index in [0.29, 0.717) is 12.5 Å². The number of aromatic amines is 1. The van der Waals surface area contributed by atoms with Gasteiger partial charge in [-0.1, -0.05) is 19.3 Å². The number of piperidine rings is 1.